The van der Waals surface area contributed by atoms with E-state index in [0.29, 0.717) is 18.7 Å². The second-order valence-corrected chi connectivity index (χ2v) is 6.51. The van der Waals surface area contributed by atoms with Crippen molar-refractivity contribution in [1.82, 2.24) is 4.90 Å². The van der Waals surface area contributed by atoms with Gasteiger partial charge in [-0.05, 0) is 18.4 Å². The van der Waals surface area contributed by atoms with Crippen LogP contribution in [0.25, 0.3) is 0 Å². The Hall–Kier alpha value is -2.37. The Balaban J connectivity index is 1.76. The highest BCUT2D eigenvalue weighted by molar-refractivity contribution is 5.72. The van der Waals surface area contributed by atoms with Gasteiger partial charge in [0.25, 0.3) is 0 Å². The third-order valence-electron chi connectivity index (χ3n) is 4.93. The summed E-state index contributed by atoms with van der Waals surface area (Å²) in [7, 11) is 0. The van der Waals surface area contributed by atoms with Gasteiger partial charge in [-0.15, -0.1) is 0 Å². The molecule has 0 aliphatic carbocycles. The lowest BCUT2D eigenvalue weighted by molar-refractivity contribution is -0.118. The van der Waals surface area contributed by atoms with Crippen molar-refractivity contribution in [2.45, 2.75) is 30.8 Å². The lowest BCUT2D eigenvalue weighted by Gasteiger charge is -2.35. The van der Waals surface area contributed by atoms with Crippen LogP contribution in [0.1, 0.15) is 30.1 Å². The van der Waals surface area contributed by atoms with Crippen molar-refractivity contribution in [3.8, 4) is 0 Å². The first kappa shape index (κ1) is 16.1. The fraction of sp³-hybridized carbons (Fsp3) is 0.350. The molecular weight excluding hydrogens is 318 g/mol. The maximum absolute atomic E-state index is 12.6. The molecule has 2 fully saturated rings. The number of rotatable bonds is 4. The predicted octanol–water partition coefficient (Wildman–Crippen LogP) is 3.20. The molecule has 4 rings (SSSR count). The number of carbonyl (C=O) groups excluding carboxylic acids is 1. The number of aliphatic hydroxyl groups is 1. The van der Waals surface area contributed by atoms with Crippen LogP contribution in [0.4, 0.5) is 4.79 Å². The minimum absolute atomic E-state index is 0.0719. The summed E-state index contributed by atoms with van der Waals surface area (Å²) in [6.07, 6.45) is 0.474. The molecular formula is C20H21NO4. The maximum Gasteiger partial charge on any atom is 0.413 e. The lowest BCUT2D eigenvalue weighted by Crippen LogP contribution is -2.48. The third kappa shape index (κ3) is 2.79. The Labute approximate surface area is 146 Å². The van der Waals surface area contributed by atoms with E-state index < -0.39 is 17.9 Å². The van der Waals surface area contributed by atoms with E-state index in [4.69, 9.17) is 9.47 Å². The molecule has 2 aliphatic heterocycles. The van der Waals surface area contributed by atoms with Crippen LogP contribution in [0.5, 0.6) is 0 Å². The number of amides is 1. The van der Waals surface area contributed by atoms with Gasteiger partial charge in [-0.1, -0.05) is 60.7 Å². The van der Waals surface area contributed by atoms with E-state index in [1.165, 1.54) is 4.90 Å². The zero-order valence-electron chi connectivity index (χ0n) is 13.9. The fourth-order valence-electron chi connectivity index (χ4n) is 3.65. The molecule has 2 saturated heterocycles. The van der Waals surface area contributed by atoms with Gasteiger partial charge in [-0.3, -0.25) is 4.90 Å². The molecule has 5 heteroatoms. The molecule has 0 aromatic heterocycles. The number of hydrogen-bond donors (Lipinski definition) is 1. The molecule has 25 heavy (non-hydrogen) atoms. The number of hydrogen-bond acceptors (Lipinski definition) is 4. The molecule has 5 nitrogen and oxygen atoms in total. The topological polar surface area (TPSA) is 59.0 Å². The van der Waals surface area contributed by atoms with Gasteiger partial charge in [0.2, 0.25) is 5.72 Å². The van der Waals surface area contributed by atoms with Crippen LogP contribution in [0.15, 0.2) is 60.7 Å². The van der Waals surface area contributed by atoms with Crippen molar-refractivity contribution in [3.63, 3.8) is 0 Å². The van der Waals surface area contributed by atoms with Gasteiger partial charge in [0.05, 0.1) is 12.6 Å². The normalized spacial score (nSPS) is 29.0. The largest absolute Gasteiger partial charge is 0.436 e. The average Bonchev–Trinajstić information content (AvgIpc) is 3.26. The van der Waals surface area contributed by atoms with Crippen LogP contribution in [0, 0.1) is 0 Å². The first-order valence-electron chi connectivity index (χ1n) is 8.62. The maximum atomic E-state index is 12.6. The zero-order valence-corrected chi connectivity index (χ0v) is 13.9. The van der Waals surface area contributed by atoms with Crippen LogP contribution in [0.3, 0.4) is 0 Å². The van der Waals surface area contributed by atoms with Crippen molar-refractivity contribution in [3.05, 3.63) is 71.8 Å². The van der Waals surface area contributed by atoms with Gasteiger partial charge in [0, 0.05) is 12.2 Å². The molecule has 0 radical (unpaired) electrons. The van der Waals surface area contributed by atoms with E-state index >= 15 is 0 Å². The smallest absolute Gasteiger partial charge is 0.413 e. The fourth-order valence-corrected chi connectivity index (χ4v) is 3.65. The molecule has 2 heterocycles. The number of nitrogens with zero attached hydrogens (tertiary/aromatic N) is 1. The second kappa shape index (κ2) is 6.50. The van der Waals surface area contributed by atoms with Crippen molar-refractivity contribution in [2.24, 2.45) is 0 Å². The van der Waals surface area contributed by atoms with Gasteiger partial charge in [0.1, 0.15) is 0 Å². The molecule has 0 bridgehead atoms. The Morgan fingerprint density at radius 1 is 1.08 bits per heavy atom. The number of carbonyl (C=O) groups is 1. The van der Waals surface area contributed by atoms with Crippen molar-refractivity contribution < 1.29 is 19.4 Å². The average molecular weight is 339 g/mol. The molecule has 1 N–H and O–H groups in total. The first-order valence-corrected chi connectivity index (χ1v) is 8.62. The van der Waals surface area contributed by atoms with E-state index in [9.17, 15) is 9.90 Å². The third-order valence-corrected chi connectivity index (χ3v) is 4.93. The Morgan fingerprint density at radius 3 is 2.40 bits per heavy atom. The molecule has 3 atom stereocenters. The van der Waals surface area contributed by atoms with E-state index in [1.54, 1.807) is 0 Å². The van der Waals surface area contributed by atoms with E-state index in [0.717, 1.165) is 18.4 Å². The molecule has 2 aliphatic rings. The molecule has 0 unspecified atom stereocenters. The van der Waals surface area contributed by atoms with Gasteiger partial charge in [-0.25, -0.2) is 4.79 Å². The predicted molar refractivity (Wildman–Crippen MR) is 91.7 cm³/mol. The summed E-state index contributed by atoms with van der Waals surface area (Å²) in [5.74, 6) is 0. The summed E-state index contributed by atoms with van der Waals surface area (Å²) in [6, 6.07) is 18.6. The highest BCUT2D eigenvalue weighted by atomic mass is 16.6. The summed E-state index contributed by atoms with van der Waals surface area (Å²) < 4.78 is 11.3. The molecule has 0 saturated carbocycles. The van der Waals surface area contributed by atoms with Crippen LogP contribution in [-0.4, -0.2) is 35.4 Å². The second-order valence-electron chi connectivity index (χ2n) is 6.51. The highest BCUT2D eigenvalue weighted by Crippen LogP contribution is 2.46. The summed E-state index contributed by atoms with van der Waals surface area (Å²) >= 11 is 0. The van der Waals surface area contributed by atoms with Crippen LogP contribution in [-0.2, 0) is 15.2 Å². The monoisotopic (exact) mass is 339 g/mol. The van der Waals surface area contributed by atoms with E-state index in [1.807, 2.05) is 60.7 Å². The van der Waals surface area contributed by atoms with Crippen LogP contribution >= 0.6 is 0 Å². The summed E-state index contributed by atoms with van der Waals surface area (Å²) in [5, 5.41) is 11.7. The summed E-state index contributed by atoms with van der Waals surface area (Å²) in [4.78, 5) is 14.0. The van der Waals surface area contributed by atoms with Gasteiger partial charge < -0.3 is 14.6 Å². The number of benzene rings is 2. The minimum Gasteiger partial charge on any atom is -0.436 e. The molecule has 0 spiro atoms. The van der Waals surface area contributed by atoms with Crippen LogP contribution in [0.2, 0.25) is 0 Å². The van der Waals surface area contributed by atoms with Crippen molar-refractivity contribution >= 4 is 6.09 Å². The van der Waals surface area contributed by atoms with Crippen LogP contribution < -0.4 is 0 Å². The molecule has 2 aromatic carbocycles. The van der Waals surface area contributed by atoms with E-state index in [2.05, 4.69) is 0 Å². The Morgan fingerprint density at radius 2 is 1.76 bits per heavy atom. The summed E-state index contributed by atoms with van der Waals surface area (Å²) in [5.41, 5.74) is -0.171. The number of cyclic esters (lactones) is 1. The Kier molecular flexibility index (Phi) is 4.19. The Bertz CT molecular complexity index is 730. The quantitative estimate of drug-likeness (QED) is 0.929. The van der Waals surface area contributed by atoms with Crippen molar-refractivity contribution in [1.29, 1.82) is 0 Å². The first-order chi connectivity index (χ1) is 12.2. The van der Waals surface area contributed by atoms with Gasteiger partial charge in [-0.2, -0.15) is 0 Å². The summed E-state index contributed by atoms with van der Waals surface area (Å²) in [6.45, 7) is 1.01. The molecule has 130 valence electrons. The lowest BCUT2D eigenvalue weighted by atomic mass is 9.91. The number of ether oxygens (including phenoxy) is 2. The SMILES string of the molecule is O=C1O[C@H](c2ccccc2)[C@@](O)(c2ccccc2)N1C[C@H]1CCCO1. The molecule has 2 aromatic rings. The van der Waals surface area contributed by atoms with Crippen molar-refractivity contribution in [2.75, 3.05) is 13.2 Å². The minimum atomic E-state index is -1.56. The van der Waals surface area contributed by atoms with E-state index in [-0.39, 0.29) is 6.10 Å². The standard InChI is InChI=1S/C20H21NO4/c22-19-21(14-17-12-7-13-24-17)20(23,16-10-5-2-6-11-16)18(25-19)15-8-3-1-4-9-15/h1-6,8-11,17-18,23H,7,12-14H2/t17-,18-,20+/m1/s1. The highest BCUT2D eigenvalue weighted by Gasteiger charge is 2.56. The molecule has 1 amide bonds. The zero-order chi connectivity index (χ0) is 17.3. The van der Waals surface area contributed by atoms with Gasteiger partial charge in [0.15, 0.2) is 6.10 Å². The van der Waals surface area contributed by atoms with Gasteiger partial charge >= 0.3 is 6.09 Å².